The first-order valence-electron chi connectivity index (χ1n) is 11.6. The van der Waals surface area contributed by atoms with Crippen LogP contribution in [0.15, 0.2) is 47.5 Å². The zero-order valence-electron chi connectivity index (χ0n) is 21.5. The minimum absolute atomic E-state index is 0.00492. The van der Waals surface area contributed by atoms with Crippen LogP contribution in [0.4, 0.5) is 5.69 Å². The van der Waals surface area contributed by atoms with E-state index in [1.54, 1.807) is 25.3 Å². The number of hydrogen-bond acceptors (Lipinski definition) is 4. The van der Waals surface area contributed by atoms with Gasteiger partial charge in [0, 0.05) is 28.4 Å². The molecule has 8 heteroatoms. The second-order valence-corrected chi connectivity index (χ2v) is 9.82. The molecule has 186 valence electrons. The molecule has 3 rings (SSSR count). The van der Waals surface area contributed by atoms with E-state index in [0.717, 1.165) is 29.1 Å². The van der Waals surface area contributed by atoms with Crippen LogP contribution < -0.4 is 15.4 Å². The highest BCUT2D eigenvalue weighted by molar-refractivity contribution is 6.31. The molecule has 1 heterocycles. The van der Waals surface area contributed by atoms with Crippen molar-refractivity contribution in [3.63, 3.8) is 0 Å². The van der Waals surface area contributed by atoms with E-state index in [0.29, 0.717) is 34.5 Å². The van der Waals surface area contributed by atoms with E-state index in [9.17, 15) is 4.79 Å². The van der Waals surface area contributed by atoms with Crippen molar-refractivity contribution in [3.8, 4) is 5.75 Å². The standard InChI is InChI=1S/C27H34ClN5O2/c1-8-33-18(3)22(17(2)32-33)16-29-26(30-23-15-21(28)13-14-24(23)35-7)31-25(34)19-9-11-20(12-10-19)27(4,5)6/h9-15H,8,16H2,1-7H3,(H2,29,30,31,34). The first-order valence-corrected chi connectivity index (χ1v) is 12.0. The SMILES string of the molecule is CCn1nc(C)c(CN=C(NC(=O)c2ccc(C(C)(C)C)cc2)Nc2cc(Cl)ccc2OC)c1C. The van der Waals surface area contributed by atoms with Gasteiger partial charge in [-0.15, -0.1) is 0 Å². The third-order valence-corrected chi connectivity index (χ3v) is 6.12. The van der Waals surface area contributed by atoms with Crippen LogP contribution in [0.25, 0.3) is 0 Å². The molecule has 2 N–H and O–H groups in total. The highest BCUT2D eigenvalue weighted by Crippen LogP contribution is 2.28. The molecule has 0 fully saturated rings. The molecule has 2 aromatic carbocycles. The molecular weight excluding hydrogens is 462 g/mol. The van der Waals surface area contributed by atoms with Gasteiger partial charge in [0.05, 0.1) is 25.0 Å². The van der Waals surface area contributed by atoms with E-state index in [1.165, 1.54) is 0 Å². The number of amides is 1. The predicted molar refractivity (Wildman–Crippen MR) is 143 cm³/mol. The van der Waals surface area contributed by atoms with Crippen LogP contribution in [0.1, 0.15) is 60.6 Å². The number of carbonyl (C=O) groups excluding carboxylic acids is 1. The predicted octanol–water partition coefficient (Wildman–Crippen LogP) is 5.88. The zero-order chi connectivity index (χ0) is 25.8. The number of anilines is 1. The van der Waals surface area contributed by atoms with E-state index in [1.807, 2.05) is 42.8 Å². The van der Waals surface area contributed by atoms with Crippen LogP contribution in [0.5, 0.6) is 5.75 Å². The molecule has 0 saturated carbocycles. The van der Waals surface area contributed by atoms with Crippen LogP contribution in [-0.2, 0) is 18.5 Å². The van der Waals surface area contributed by atoms with Crippen molar-refractivity contribution in [3.05, 3.63) is 75.6 Å². The maximum Gasteiger partial charge on any atom is 0.257 e. The van der Waals surface area contributed by atoms with Crippen LogP contribution >= 0.6 is 11.6 Å². The number of halogens is 1. The Kier molecular flexibility index (Phi) is 8.22. The maximum atomic E-state index is 13.1. The quantitative estimate of drug-likeness (QED) is 0.330. The highest BCUT2D eigenvalue weighted by Gasteiger charge is 2.17. The van der Waals surface area contributed by atoms with E-state index in [4.69, 9.17) is 21.3 Å². The molecule has 0 radical (unpaired) electrons. The molecule has 7 nitrogen and oxygen atoms in total. The van der Waals surface area contributed by atoms with E-state index in [2.05, 4.69) is 43.4 Å². The van der Waals surface area contributed by atoms with Gasteiger partial charge in [-0.05, 0) is 62.1 Å². The largest absolute Gasteiger partial charge is 0.495 e. The number of benzene rings is 2. The van der Waals surface area contributed by atoms with Gasteiger partial charge in [0.2, 0.25) is 5.96 Å². The Bertz CT molecular complexity index is 1220. The lowest BCUT2D eigenvalue weighted by atomic mass is 9.87. The Balaban J connectivity index is 1.92. The summed E-state index contributed by atoms with van der Waals surface area (Å²) in [5, 5.41) is 11.2. The number of guanidine groups is 1. The topological polar surface area (TPSA) is 80.5 Å². The maximum absolute atomic E-state index is 13.1. The van der Waals surface area contributed by atoms with E-state index >= 15 is 0 Å². The van der Waals surface area contributed by atoms with Crippen molar-refractivity contribution in [2.45, 2.75) is 60.0 Å². The van der Waals surface area contributed by atoms with Crippen LogP contribution in [0, 0.1) is 13.8 Å². The number of methoxy groups -OCH3 is 1. The first-order chi connectivity index (χ1) is 16.5. The number of aryl methyl sites for hydroxylation is 2. The molecule has 0 saturated heterocycles. The van der Waals surface area contributed by atoms with Gasteiger partial charge in [0.25, 0.3) is 5.91 Å². The van der Waals surface area contributed by atoms with E-state index < -0.39 is 0 Å². The summed E-state index contributed by atoms with van der Waals surface area (Å²) in [6, 6.07) is 12.8. The number of aromatic nitrogens is 2. The molecule has 0 aliphatic carbocycles. The summed E-state index contributed by atoms with van der Waals surface area (Å²) in [5.74, 6) is 0.603. The Hall–Kier alpha value is -3.32. The highest BCUT2D eigenvalue weighted by atomic mass is 35.5. The number of carbonyl (C=O) groups is 1. The molecule has 0 spiro atoms. The van der Waals surface area contributed by atoms with Crippen molar-refractivity contribution in [1.82, 2.24) is 15.1 Å². The minimum atomic E-state index is -0.268. The van der Waals surface area contributed by atoms with Crippen molar-refractivity contribution in [2.24, 2.45) is 4.99 Å². The Morgan fingerprint density at radius 2 is 1.83 bits per heavy atom. The lowest BCUT2D eigenvalue weighted by Gasteiger charge is -2.19. The first kappa shape index (κ1) is 26.3. The Morgan fingerprint density at radius 3 is 2.40 bits per heavy atom. The smallest absolute Gasteiger partial charge is 0.257 e. The molecule has 1 aromatic heterocycles. The third kappa shape index (κ3) is 6.42. The molecule has 0 aliphatic rings. The van der Waals surface area contributed by atoms with E-state index in [-0.39, 0.29) is 11.3 Å². The molecule has 3 aromatic rings. The summed E-state index contributed by atoms with van der Waals surface area (Å²) in [6.45, 7) is 13.6. The summed E-state index contributed by atoms with van der Waals surface area (Å²) >= 11 is 6.21. The zero-order valence-corrected chi connectivity index (χ0v) is 22.2. The lowest BCUT2D eigenvalue weighted by molar-refractivity contribution is 0.0977. The number of nitrogens with zero attached hydrogens (tertiary/aromatic N) is 3. The van der Waals surface area contributed by atoms with Crippen molar-refractivity contribution in [2.75, 3.05) is 12.4 Å². The lowest BCUT2D eigenvalue weighted by Crippen LogP contribution is -2.36. The number of hydrogen-bond donors (Lipinski definition) is 2. The summed E-state index contributed by atoms with van der Waals surface area (Å²) < 4.78 is 7.40. The molecule has 0 atom stereocenters. The average Bonchev–Trinajstić information content (AvgIpc) is 3.09. The monoisotopic (exact) mass is 495 g/mol. The van der Waals surface area contributed by atoms with Gasteiger partial charge in [-0.1, -0.05) is 44.5 Å². The minimum Gasteiger partial charge on any atom is -0.495 e. The molecule has 35 heavy (non-hydrogen) atoms. The fourth-order valence-corrected chi connectivity index (χ4v) is 3.92. The van der Waals surface area contributed by atoms with Crippen LogP contribution in [-0.4, -0.2) is 28.8 Å². The van der Waals surface area contributed by atoms with Crippen molar-refractivity contribution in [1.29, 1.82) is 0 Å². The number of rotatable bonds is 6. The summed E-state index contributed by atoms with van der Waals surface area (Å²) in [4.78, 5) is 17.8. The normalized spacial score (nSPS) is 11.9. The average molecular weight is 496 g/mol. The van der Waals surface area contributed by atoms with Gasteiger partial charge >= 0.3 is 0 Å². The van der Waals surface area contributed by atoms with Gasteiger partial charge in [-0.3, -0.25) is 14.8 Å². The third-order valence-electron chi connectivity index (χ3n) is 5.89. The van der Waals surface area contributed by atoms with Gasteiger partial charge in [0.15, 0.2) is 0 Å². The summed E-state index contributed by atoms with van der Waals surface area (Å²) in [6.07, 6.45) is 0. The molecule has 1 amide bonds. The molecule has 0 bridgehead atoms. The molecule has 0 unspecified atom stereocenters. The number of aliphatic imine (C=N–C) groups is 1. The Morgan fingerprint density at radius 1 is 1.14 bits per heavy atom. The second kappa shape index (κ2) is 11.0. The second-order valence-electron chi connectivity index (χ2n) is 9.38. The van der Waals surface area contributed by atoms with Crippen LogP contribution in [0.2, 0.25) is 5.02 Å². The Labute approximate surface area is 212 Å². The summed E-state index contributed by atoms with van der Waals surface area (Å²) in [7, 11) is 1.58. The van der Waals surface area contributed by atoms with Gasteiger partial charge in [-0.25, -0.2) is 4.99 Å². The van der Waals surface area contributed by atoms with Gasteiger partial charge in [0.1, 0.15) is 5.75 Å². The fourth-order valence-electron chi connectivity index (χ4n) is 3.75. The van der Waals surface area contributed by atoms with Gasteiger partial charge in [-0.2, -0.15) is 5.10 Å². The van der Waals surface area contributed by atoms with Crippen molar-refractivity contribution < 1.29 is 9.53 Å². The van der Waals surface area contributed by atoms with Crippen molar-refractivity contribution >= 4 is 29.2 Å². The number of ether oxygens (including phenoxy) is 1. The number of nitrogens with one attached hydrogen (secondary N) is 2. The summed E-state index contributed by atoms with van der Waals surface area (Å²) in [5.41, 5.74) is 5.29. The molecule has 0 aliphatic heterocycles. The van der Waals surface area contributed by atoms with Gasteiger partial charge < -0.3 is 10.1 Å². The fraction of sp³-hybridized carbons (Fsp3) is 0.370. The van der Waals surface area contributed by atoms with Crippen LogP contribution in [0.3, 0.4) is 0 Å². The molecular formula is C27H34ClN5O2.